The molecule has 3 rings (SSSR count). The van der Waals surface area contributed by atoms with Crippen molar-refractivity contribution in [3.8, 4) is 5.75 Å². The van der Waals surface area contributed by atoms with Crippen molar-refractivity contribution < 1.29 is 23.0 Å². The summed E-state index contributed by atoms with van der Waals surface area (Å²) < 4.78 is 38.4. The SMILES string of the molecule is CCOC(=O)C1=CC(Cc2ccc(OC)c(F)c2)C(c2ccc(Br)c(F)c2)=N1. The number of carbonyl (C=O) groups is 1. The molecule has 7 heteroatoms. The largest absolute Gasteiger partial charge is 0.494 e. The summed E-state index contributed by atoms with van der Waals surface area (Å²) in [6.07, 6.45) is 2.07. The Labute approximate surface area is 170 Å². The van der Waals surface area contributed by atoms with Gasteiger partial charge in [-0.15, -0.1) is 0 Å². The van der Waals surface area contributed by atoms with Crippen LogP contribution in [0.5, 0.6) is 5.75 Å². The van der Waals surface area contributed by atoms with Gasteiger partial charge in [0.15, 0.2) is 11.6 Å². The van der Waals surface area contributed by atoms with E-state index in [0.717, 1.165) is 0 Å². The zero-order chi connectivity index (χ0) is 20.3. The van der Waals surface area contributed by atoms with Gasteiger partial charge in [0.2, 0.25) is 0 Å². The minimum Gasteiger partial charge on any atom is -0.494 e. The number of hydrogen-bond acceptors (Lipinski definition) is 4. The molecule has 1 aliphatic rings. The van der Waals surface area contributed by atoms with E-state index in [-0.39, 0.29) is 24.0 Å². The van der Waals surface area contributed by atoms with Crippen molar-refractivity contribution in [3.63, 3.8) is 0 Å². The van der Waals surface area contributed by atoms with Crippen molar-refractivity contribution in [3.05, 3.63) is 75.4 Å². The quantitative estimate of drug-likeness (QED) is 0.592. The minimum atomic E-state index is -0.541. The summed E-state index contributed by atoms with van der Waals surface area (Å²) in [5.41, 5.74) is 1.95. The third-order valence-electron chi connectivity index (χ3n) is 4.32. The van der Waals surface area contributed by atoms with Gasteiger partial charge in [-0.2, -0.15) is 0 Å². The second-order valence-electron chi connectivity index (χ2n) is 6.18. The Balaban J connectivity index is 1.95. The number of ether oxygens (including phenoxy) is 2. The maximum absolute atomic E-state index is 14.0. The molecule has 146 valence electrons. The fraction of sp³-hybridized carbons (Fsp3) is 0.238. The van der Waals surface area contributed by atoms with E-state index in [1.165, 1.54) is 19.2 Å². The smallest absolute Gasteiger partial charge is 0.356 e. The average Bonchev–Trinajstić information content (AvgIpc) is 3.08. The molecule has 4 nitrogen and oxygen atoms in total. The Hall–Kier alpha value is -2.54. The Morgan fingerprint density at radius 2 is 1.96 bits per heavy atom. The summed E-state index contributed by atoms with van der Waals surface area (Å²) >= 11 is 3.13. The van der Waals surface area contributed by atoms with E-state index >= 15 is 0 Å². The summed E-state index contributed by atoms with van der Waals surface area (Å²) in [7, 11) is 1.40. The van der Waals surface area contributed by atoms with Gasteiger partial charge in [-0.3, -0.25) is 0 Å². The molecule has 1 unspecified atom stereocenters. The molecular formula is C21H18BrF2NO3. The predicted octanol–water partition coefficient (Wildman–Crippen LogP) is 4.84. The number of esters is 1. The van der Waals surface area contributed by atoms with Gasteiger partial charge in [-0.25, -0.2) is 18.6 Å². The number of aliphatic imine (C=N–C) groups is 1. The van der Waals surface area contributed by atoms with Crippen LogP contribution in [0.2, 0.25) is 0 Å². The molecule has 2 aromatic carbocycles. The van der Waals surface area contributed by atoms with Crippen molar-refractivity contribution in [2.75, 3.05) is 13.7 Å². The Morgan fingerprint density at radius 3 is 2.61 bits per heavy atom. The van der Waals surface area contributed by atoms with Gasteiger partial charge in [-0.1, -0.05) is 12.1 Å². The van der Waals surface area contributed by atoms with Crippen molar-refractivity contribution in [2.45, 2.75) is 13.3 Å². The first-order chi connectivity index (χ1) is 13.4. The number of carbonyl (C=O) groups excluding carboxylic acids is 1. The monoisotopic (exact) mass is 449 g/mol. The molecule has 0 spiro atoms. The van der Waals surface area contributed by atoms with Crippen LogP contribution >= 0.6 is 15.9 Å². The van der Waals surface area contributed by atoms with Gasteiger partial charge >= 0.3 is 5.97 Å². The molecule has 0 radical (unpaired) electrons. The molecule has 2 aromatic rings. The van der Waals surface area contributed by atoms with Crippen LogP contribution in [0.1, 0.15) is 18.1 Å². The normalized spacial score (nSPS) is 15.8. The first-order valence-corrected chi connectivity index (χ1v) is 9.47. The molecule has 0 aromatic heterocycles. The highest BCUT2D eigenvalue weighted by molar-refractivity contribution is 9.10. The zero-order valence-corrected chi connectivity index (χ0v) is 16.9. The fourth-order valence-corrected chi connectivity index (χ4v) is 3.27. The molecule has 28 heavy (non-hydrogen) atoms. The minimum absolute atomic E-state index is 0.154. The van der Waals surface area contributed by atoms with Gasteiger partial charge < -0.3 is 9.47 Å². The predicted molar refractivity (Wildman–Crippen MR) is 105 cm³/mol. The summed E-state index contributed by atoms with van der Waals surface area (Å²) in [6.45, 7) is 1.93. The van der Waals surface area contributed by atoms with Crippen LogP contribution in [0, 0.1) is 17.6 Å². The Kier molecular flexibility index (Phi) is 6.24. The highest BCUT2D eigenvalue weighted by Gasteiger charge is 2.27. The van der Waals surface area contributed by atoms with E-state index in [4.69, 9.17) is 9.47 Å². The fourth-order valence-electron chi connectivity index (χ4n) is 3.02. The number of nitrogens with zero attached hydrogens (tertiary/aromatic N) is 1. The van der Waals surface area contributed by atoms with Crippen LogP contribution in [0.4, 0.5) is 8.78 Å². The van der Waals surface area contributed by atoms with Crippen molar-refractivity contribution in [2.24, 2.45) is 10.9 Å². The Morgan fingerprint density at radius 1 is 1.18 bits per heavy atom. The van der Waals surface area contributed by atoms with Crippen LogP contribution < -0.4 is 4.74 Å². The lowest BCUT2D eigenvalue weighted by atomic mass is 9.91. The van der Waals surface area contributed by atoms with Crippen LogP contribution in [0.25, 0.3) is 0 Å². The maximum Gasteiger partial charge on any atom is 0.356 e. The van der Waals surface area contributed by atoms with E-state index in [1.54, 1.807) is 37.3 Å². The topological polar surface area (TPSA) is 47.9 Å². The van der Waals surface area contributed by atoms with Crippen molar-refractivity contribution in [1.82, 2.24) is 0 Å². The van der Waals surface area contributed by atoms with Gasteiger partial charge in [0.1, 0.15) is 11.5 Å². The molecule has 1 atom stereocenters. The zero-order valence-electron chi connectivity index (χ0n) is 15.3. The van der Waals surface area contributed by atoms with Crippen LogP contribution in [-0.2, 0) is 16.0 Å². The summed E-state index contributed by atoms with van der Waals surface area (Å²) in [4.78, 5) is 16.5. The number of methoxy groups -OCH3 is 1. The van der Waals surface area contributed by atoms with Gasteiger partial charge in [-0.05, 0) is 70.7 Å². The number of allylic oxidation sites excluding steroid dienone is 1. The maximum atomic E-state index is 14.0. The highest BCUT2D eigenvalue weighted by atomic mass is 79.9. The lowest BCUT2D eigenvalue weighted by molar-refractivity contribution is -0.138. The second kappa shape index (κ2) is 8.65. The summed E-state index contributed by atoms with van der Waals surface area (Å²) in [6, 6.07) is 9.33. The molecule has 1 aliphatic heterocycles. The standard InChI is InChI=1S/C21H18BrF2NO3/c1-3-28-21(26)18-11-14(8-12-4-7-19(27-2)17(24)9-12)20(25-18)13-5-6-15(22)16(23)10-13/h4-7,9-11,14H,3,8H2,1-2H3. The van der Waals surface area contributed by atoms with Crippen LogP contribution in [0.3, 0.4) is 0 Å². The molecule has 0 saturated carbocycles. The van der Waals surface area contributed by atoms with E-state index in [1.807, 2.05) is 0 Å². The highest BCUT2D eigenvalue weighted by Crippen LogP contribution is 2.29. The first kappa shape index (κ1) is 20.2. The Bertz CT molecular complexity index is 972. The lowest BCUT2D eigenvalue weighted by Crippen LogP contribution is -2.14. The number of halogens is 3. The van der Waals surface area contributed by atoms with Crippen LogP contribution in [-0.4, -0.2) is 25.4 Å². The van der Waals surface area contributed by atoms with Gasteiger partial charge in [0.05, 0.1) is 23.9 Å². The number of rotatable bonds is 6. The molecule has 1 heterocycles. The van der Waals surface area contributed by atoms with E-state index < -0.39 is 17.6 Å². The van der Waals surface area contributed by atoms with Crippen molar-refractivity contribution in [1.29, 1.82) is 0 Å². The third-order valence-corrected chi connectivity index (χ3v) is 4.97. The summed E-state index contributed by atoms with van der Waals surface area (Å²) in [5.74, 6) is -1.62. The molecule has 0 aliphatic carbocycles. The lowest BCUT2D eigenvalue weighted by Gasteiger charge is -2.13. The molecule has 0 fully saturated rings. The molecule has 0 bridgehead atoms. The number of hydrogen-bond donors (Lipinski definition) is 0. The molecule has 0 saturated heterocycles. The van der Waals surface area contributed by atoms with Crippen molar-refractivity contribution >= 4 is 27.6 Å². The average molecular weight is 450 g/mol. The number of benzene rings is 2. The van der Waals surface area contributed by atoms with E-state index in [9.17, 15) is 13.6 Å². The summed E-state index contributed by atoms with van der Waals surface area (Å²) in [5, 5.41) is 0. The molecule has 0 amide bonds. The van der Waals surface area contributed by atoms with Gasteiger partial charge in [0.25, 0.3) is 0 Å². The molecule has 0 N–H and O–H groups in total. The first-order valence-electron chi connectivity index (χ1n) is 8.68. The third kappa shape index (κ3) is 4.30. The van der Waals surface area contributed by atoms with Crippen LogP contribution in [0.15, 0.2) is 57.6 Å². The molecular weight excluding hydrogens is 432 g/mol. The van der Waals surface area contributed by atoms with E-state index in [0.29, 0.717) is 27.7 Å². The second-order valence-corrected chi connectivity index (χ2v) is 7.03. The van der Waals surface area contributed by atoms with E-state index in [2.05, 4.69) is 20.9 Å². The van der Waals surface area contributed by atoms with Gasteiger partial charge in [0, 0.05) is 5.92 Å².